The van der Waals surface area contributed by atoms with Crippen LogP contribution >= 0.6 is 15.9 Å². The molecule has 2 N–H and O–H groups in total. The quantitative estimate of drug-likeness (QED) is 0.635. The van der Waals surface area contributed by atoms with Gasteiger partial charge in [-0.25, -0.2) is 0 Å². The second kappa shape index (κ2) is 2.60. The highest BCUT2D eigenvalue weighted by atomic mass is 79.9. The molecular weight excluding hydrogens is 170 g/mol. The number of carbonyl (C=O) groups is 1. The molecule has 0 fully saturated rings. The third-order valence-electron chi connectivity index (χ3n) is 0.840. The van der Waals surface area contributed by atoms with Crippen molar-refractivity contribution in [3.63, 3.8) is 0 Å². The molecule has 0 aromatic rings. The molecule has 0 saturated carbocycles. The molecule has 0 saturated heterocycles. The number of alkyl halides is 1. The van der Waals surface area contributed by atoms with Crippen LogP contribution < -0.4 is 5.73 Å². The van der Waals surface area contributed by atoms with Crippen LogP contribution in [0.15, 0.2) is 0 Å². The third kappa shape index (κ3) is 2.43. The van der Waals surface area contributed by atoms with Crippen molar-refractivity contribution < 1.29 is 4.79 Å². The average molecular weight is 180 g/mol. The summed E-state index contributed by atoms with van der Waals surface area (Å²) in [5.41, 5.74) is 4.73. The normalized spacial score (nSPS) is 11.5. The zero-order chi connectivity index (χ0) is 6.78. The smallest absolute Gasteiger partial charge is 0.162 e. The monoisotopic (exact) mass is 179 g/mol. The van der Waals surface area contributed by atoms with Crippen molar-refractivity contribution in [1.29, 1.82) is 0 Å². The summed E-state index contributed by atoms with van der Waals surface area (Å²) in [5, 5.41) is 0.344. The first-order valence-electron chi connectivity index (χ1n) is 2.36. The van der Waals surface area contributed by atoms with Crippen LogP contribution in [0.5, 0.6) is 0 Å². The number of hydrogen-bond donors (Lipinski definition) is 1. The van der Waals surface area contributed by atoms with Crippen molar-refractivity contribution in [3.8, 4) is 0 Å². The van der Waals surface area contributed by atoms with Crippen LogP contribution in [0.3, 0.4) is 0 Å². The van der Waals surface area contributed by atoms with Gasteiger partial charge in [-0.1, -0.05) is 15.9 Å². The van der Waals surface area contributed by atoms with Crippen LogP contribution in [0.4, 0.5) is 0 Å². The molecule has 0 aliphatic carbocycles. The van der Waals surface area contributed by atoms with Crippen molar-refractivity contribution in [2.24, 2.45) is 5.73 Å². The Morgan fingerprint density at radius 2 is 2.12 bits per heavy atom. The zero-order valence-corrected chi connectivity index (χ0v) is 6.66. The molecule has 0 aliphatic rings. The van der Waals surface area contributed by atoms with Crippen molar-refractivity contribution in [2.75, 3.05) is 5.33 Å². The van der Waals surface area contributed by atoms with Gasteiger partial charge < -0.3 is 5.73 Å². The van der Waals surface area contributed by atoms with Gasteiger partial charge >= 0.3 is 0 Å². The van der Waals surface area contributed by atoms with E-state index in [9.17, 15) is 4.79 Å². The van der Waals surface area contributed by atoms with E-state index in [4.69, 9.17) is 5.73 Å². The van der Waals surface area contributed by atoms with E-state index in [1.165, 1.54) is 0 Å². The summed E-state index contributed by atoms with van der Waals surface area (Å²) >= 11 is 3.02. The number of Topliss-reactive ketones (excluding diaryl/α,β-unsaturated/α-hetero) is 1. The van der Waals surface area contributed by atoms with Crippen LogP contribution in [0.25, 0.3) is 0 Å². The van der Waals surface area contributed by atoms with Gasteiger partial charge in [-0.05, 0) is 13.8 Å². The Morgan fingerprint density at radius 3 is 2.12 bits per heavy atom. The third-order valence-corrected chi connectivity index (χ3v) is 1.35. The Kier molecular flexibility index (Phi) is 2.63. The second-order valence-corrected chi connectivity index (χ2v) is 2.84. The van der Waals surface area contributed by atoms with Gasteiger partial charge in [-0.2, -0.15) is 0 Å². The minimum absolute atomic E-state index is 0.0255. The molecule has 0 radical (unpaired) electrons. The number of carbonyl (C=O) groups excluding carboxylic acids is 1. The zero-order valence-electron chi connectivity index (χ0n) is 5.07. The standard InChI is InChI=1S/C5H10BrNO/c1-5(2,7)4(8)3-6/h3,7H2,1-2H3. The van der Waals surface area contributed by atoms with Crippen molar-refractivity contribution in [1.82, 2.24) is 0 Å². The highest BCUT2D eigenvalue weighted by Crippen LogP contribution is 2.00. The van der Waals surface area contributed by atoms with Gasteiger partial charge in [0.15, 0.2) is 5.78 Å². The first kappa shape index (κ1) is 8.11. The summed E-state index contributed by atoms with van der Waals surface area (Å²) in [6.45, 7) is 3.38. The lowest BCUT2D eigenvalue weighted by Crippen LogP contribution is -2.42. The molecule has 0 bridgehead atoms. The number of halogens is 1. The lowest BCUT2D eigenvalue weighted by Gasteiger charge is -2.13. The van der Waals surface area contributed by atoms with Gasteiger partial charge in [0.2, 0.25) is 0 Å². The lowest BCUT2D eigenvalue weighted by molar-refractivity contribution is -0.120. The predicted molar refractivity (Wildman–Crippen MR) is 37.1 cm³/mol. The summed E-state index contributed by atoms with van der Waals surface area (Å²) in [6.07, 6.45) is 0. The molecule has 2 nitrogen and oxygen atoms in total. The first-order valence-corrected chi connectivity index (χ1v) is 3.49. The van der Waals surface area contributed by atoms with Crippen molar-refractivity contribution in [3.05, 3.63) is 0 Å². The topological polar surface area (TPSA) is 43.1 Å². The van der Waals surface area contributed by atoms with E-state index in [1.54, 1.807) is 13.8 Å². The summed E-state index contributed by atoms with van der Waals surface area (Å²) < 4.78 is 0. The van der Waals surface area contributed by atoms with E-state index in [1.807, 2.05) is 0 Å². The Hall–Kier alpha value is 0.110. The maximum absolute atomic E-state index is 10.7. The molecule has 8 heavy (non-hydrogen) atoms. The van der Waals surface area contributed by atoms with Crippen molar-refractivity contribution in [2.45, 2.75) is 19.4 Å². The summed E-state index contributed by atoms with van der Waals surface area (Å²) in [5.74, 6) is 0.0255. The molecule has 0 aromatic carbocycles. The number of ketones is 1. The molecule has 0 unspecified atom stereocenters. The van der Waals surface area contributed by atoms with Gasteiger partial charge in [0.05, 0.1) is 10.9 Å². The fourth-order valence-electron chi connectivity index (χ4n) is 0.172. The molecule has 0 spiro atoms. The minimum atomic E-state index is -0.677. The van der Waals surface area contributed by atoms with Gasteiger partial charge in [-0.3, -0.25) is 4.79 Å². The van der Waals surface area contributed by atoms with E-state index in [2.05, 4.69) is 15.9 Å². The maximum Gasteiger partial charge on any atom is 0.162 e. The van der Waals surface area contributed by atoms with Crippen molar-refractivity contribution >= 4 is 21.7 Å². The summed E-state index contributed by atoms with van der Waals surface area (Å²) in [6, 6.07) is 0. The van der Waals surface area contributed by atoms with E-state index >= 15 is 0 Å². The predicted octanol–water partition coefficient (Wildman–Crippen LogP) is 0.688. The SMILES string of the molecule is CC(C)(N)C(=O)CBr. The van der Waals surface area contributed by atoms with Crippen LogP contribution in [0, 0.1) is 0 Å². The Balaban J connectivity index is 3.82. The Labute approximate surface area is 57.6 Å². The lowest BCUT2D eigenvalue weighted by atomic mass is 10.0. The van der Waals surface area contributed by atoms with Gasteiger partial charge in [0.25, 0.3) is 0 Å². The molecule has 0 aromatic heterocycles. The molecule has 0 heterocycles. The number of hydrogen-bond acceptors (Lipinski definition) is 2. The average Bonchev–Trinajstić information content (AvgIpc) is 1.62. The Morgan fingerprint density at radius 1 is 1.75 bits per heavy atom. The molecule has 3 heteroatoms. The van der Waals surface area contributed by atoms with Gasteiger partial charge in [0.1, 0.15) is 0 Å². The fourth-order valence-corrected chi connectivity index (χ4v) is 0.895. The number of nitrogens with two attached hydrogens (primary N) is 1. The van der Waals surface area contributed by atoms with E-state index in [0.717, 1.165) is 0 Å². The fraction of sp³-hybridized carbons (Fsp3) is 0.800. The van der Waals surface area contributed by atoms with Crippen LogP contribution in [0.2, 0.25) is 0 Å². The molecule has 0 rings (SSSR count). The summed E-state index contributed by atoms with van der Waals surface area (Å²) in [7, 11) is 0. The largest absolute Gasteiger partial charge is 0.319 e. The first-order chi connectivity index (χ1) is 3.48. The molecular formula is C5H10BrNO. The van der Waals surface area contributed by atoms with Crippen LogP contribution in [0.1, 0.15) is 13.8 Å². The number of rotatable bonds is 2. The molecule has 0 amide bonds. The molecule has 0 atom stereocenters. The molecule has 48 valence electrons. The maximum atomic E-state index is 10.7. The van der Waals surface area contributed by atoms with E-state index in [0.29, 0.717) is 5.33 Å². The van der Waals surface area contributed by atoms with E-state index < -0.39 is 5.54 Å². The minimum Gasteiger partial charge on any atom is -0.319 e. The van der Waals surface area contributed by atoms with E-state index in [-0.39, 0.29) is 5.78 Å². The Bertz CT molecular complexity index is 95.1. The van der Waals surface area contributed by atoms with Crippen LogP contribution in [-0.2, 0) is 4.79 Å². The highest BCUT2D eigenvalue weighted by Gasteiger charge is 2.19. The van der Waals surface area contributed by atoms with Crippen LogP contribution in [-0.4, -0.2) is 16.7 Å². The highest BCUT2D eigenvalue weighted by molar-refractivity contribution is 9.09. The van der Waals surface area contributed by atoms with Gasteiger partial charge in [0, 0.05) is 0 Å². The summed E-state index contributed by atoms with van der Waals surface area (Å²) in [4.78, 5) is 10.7. The van der Waals surface area contributed by atoms with Gasteiger partial charge in [-0.15, -0.1) is 0 Å². The second-order valence-electron chi connectivity index (χ2n) is 2.28. The molecule has 0 aliphatic heterocycles.